The van der Waals surface area contributed by atoms with E-state index in [1.807, 2.05) is 49.4 Å². The molecule has 0 saturated carbocycles. The molecule has 0 radical (unpaired) electrons. The lowest BCUT2D eigenvalue weighted by Gasteiger charge is -2.16. The van der Waals surface area contributed by atoms with E-state index in [0.29, 0.717) is 24.3 Å². The minimum Gasteiger partial charge on any atom is -0.455 e. The summed E-state index contributed by atoms with van der Waals surface area (Å²) in [7, 11) is 1.77. The molecule has 164 valence electrons. The Balaban J connectivity index is 1.54. The second-order valence-corrected chi connectivity index (χ2v) is 8.78. The third-order valence-electron chi connectivity index (χ3n) is 5.53. The smallest absolute Gasteiger partial charge is 0.289 e. The molecule has 4 rings (SSSR count). The van der Waals surface area contributed by atoms with Crippen molar-refractivity contribution in [1.29, 1.82) is 0 Å². The van der Waals surface area contributed by atoms with E-state index < -0.39 is 0 Å². The minimum absolute atomic E-state index is 0.168. The largest absolute Gasteiger partial charge is 0.455 e. The Bertz CT molecular complexity index is 1170. The number of carbonyl (C=O) groups excluding carboxylic acids is 2. The molecule has 32 heavy (non-hydrogen) atoms. The van der Waals surface area contributed by atoms with Crippen LogP contribution in [0, 0.1) is 6.92 Å². The fraction of sp³-hybridized carbons (Fsp3) is 0.240. The molecule has 0 aliphatic heterocycles. The highest BCUT2D eigenvalue weighted by Crippen LogP contribution is 2.30. The molecule has 1 aromatic heterocycles. The van der Waals surface area contributed by atoms with Crippen LogP contribution in [0.3, 0.4) is 0 Å². The molecule has 6 nitrogen and oxygen atoms in total. The molecule has 2 amide bonds. The van der Waals surface area contributed by atoms with E-state index in [1.54, 1.807) is 24.1 Å². The molecular weight excluding hydrogens is 470 g/mol. The molecule has 0 bridgehead atoms. The van der Waals surface area contributed by atoms with Gasteiger partial charge in [0.25, 0.3) is 11.8 Å². The first-order valence-corrected chi connectivity index (χ1v) is 11.3. The molecule has 1 aliphatic carbocycles. The van der Waals surface area contributed by atoms with Crippen LogP contribution in [0.2, 0.25) is 0 Å². The molecular formula is C25H24BrN3O3. The summed E-state index contributed by atoms with van der Waals surface area (Å²) in [6.45, 7) is 2.37. The van der Waals surface area contributed by atoms with Crippen molar-refractivity contribution in [3.05, 3.63) is 92.8 Å². The van der Waals surface area contributed by atoms with Gasteiger partial charge in [0.15, 0.2) is 5.76 Å². The summed E-state index contributed by atoms with van der Waals surface area (Å²) in [5.41, 5.74) is 6.56. The van der Waals surface area contributed by atoms with Gasteiger partial charge in [-0.15, -0.1) is 0 Å². The highest BCUT2D eigenvalue weighted by molar-refractivity contribution is 9.10. The van der Waals surface area contributed by atoms with E-state index >= 15 is 0 Å². The lowest BCUT2D eigenvalue weighted by molar-refractivity contribution is 0.0750. The van der Waals surface area contributed by atoms with Gasteiger partial charge in [-0.05, 0) is 49.6 Å². The number of halogens is 1. The van der Waals surface area contributed by atoms with Gasteiger partial charge in [0.05, 0.1) is 5.71 Å². The van der Waals surface area contributed by atoms with Crippen LogP contribution in [0.15, 0.2) is 68.6 Å². The van der Waals surface area contributed by atoms with Gasteiger partial charge in [0.1, 0.15) is 5.76 Å². The average Bonchev–Trinajstić information content (AvgIpc) is 3.15. The Morgan fingerprint density at radius 3 is 2.53 bits per heavy atom. The SMILES string of the molecule is Cc1c(C(=O)N(C)Cc2ccccc2)oc2c1/C(=N/NC(=O)c1ccc(Br)cc1)CCC2. The molecule has 2 aromatic carbocycles. The monoisotopic (exact) mass is 493 g/mol. The number of fused-ring (bicyclic) bond motifs is 1. The van der Waals surface area contributed by atoms with Crippen LogP contribution in [-0.2, 0) is 13.0 Å². The highest BCUT2D eigenvalue weighted by Gasteiger charge is 2.29. The third-order valence-corrected chi connectivity index (χ3v) is 6.06. The van der Waals surface area contributed by atoms with Crippen molar-refractivity contribution in [1.82, 2.24) is 10.3 Å². The van der Waals surface area contributed by atoms with Crippen molar-refractivity contribution < 1.29 is 14.0 Å². The summed E-state index contributed by atoms with van der Waals surface area (Å²) in [5, 5.41) is 4.39. The number of aryl methyl sites for hydroxylation is 1. The van der Waals surface area contributed by atoms with Gasteiger partial charge in [-0.1, -0.05) is 46.3 Å². The molecule has 0 spiro atoms. The van der Waals surface area contributed by atoms with Crippen molar-refractivity contribution in [2.45, 2.75) is 32.7 Å². The van der Waals surface area contributed by atoms with Gasteiger partial charge >= 0.3 is 0 Å². The number of hydrogen-bond acceptors (Lipinski definition) is 4. The summed E-state index contributed by atoms with van der Waals surface area (Å²) in [5.74, 6) is 0.639. The second-order valence-electron chi connectivity index (χ2n) is 7.86. The molecule has 1 N–H and O–H groups in total. The van der Waals surface area contributed by atoms with Gasteiger partial charge < -0.3 is 9.32 Å². The zero-order valence-corrected chi connectivity index (χ0v) is 19.6. The zero-order chi connectivity index (χ0) is 22.7. The van der Waals surface area contributed by atoms with Gasteiger partial charge in [0.2, 0.25) is 0 Å². The van der Waals surface area contributed by atoms with Crippen LogP contribution >= 0.6 is 15.9 Å². The van der Waals surface area contributed by atoms with Crippen LogP contribution in [0.5, 0.6) is 0 Å². The summed E-state index contributed by atoms with van der Waals surface area (Å²) < 4.78 is 6.91. The molecule has 0 unspecified atom stereocenters. The third kappa shape index (κ3) is 4.67. The van der Waals surface area contributed by atoms with E-state index in [4.69, 9.17) is 4.42 Å². The standard InChI is InChI=1S/C25H24BrN3O3/c1-16-22-20(27-28-24(30)18-11-13-19(26)14-12-18)9-6-10-21(22)32-23(16)25(31)29(2)15-17-7-4-3-5-8-17/h3-5,7-8,11-14H,6,9-10,15H2,1-2H3,(H,28,30)/b27-20+. The maximum absolute atomic E-state index is 13.1. The molecule has 1 heterocycles. The summed E-state index contributed by atoms with van der Waals surface area (Å²) >= 11 is 3.36. The van der Waals surface area contributed by atoms with Gasteiger partial charge in [-0.25, -0.2) is 5.43 Å². The number of hydrazone groups is 1. The van der Waals surface area contributed by atoms with Crippen LogP contribution in [0.25, 0.3) is 0 Å². The quantitative estimate of drug-likeness (QED) is 0.502. The van der Waals surface area contributed by atoms with E-state index in [2.05, 4.69) is 26.5 Å². The van der Waals surface area contributed by atoms with Gasteiger partial charge in [-0.2, -0.15) is 5.10 Å². The zero-order valence-electron chi connectivity index (χ0n) is 18.0. The van der Waals surface area contributed by atoms with E-state index in [-0.39, 0.29) is 11.8 Å². The Labute approximate surface area is 195 Å². The number of rotatable bonds is 5. The predicted octanol–water partition coefficient (Wildman–Crippen LogP) is 5.09. The van der Waals surface area contributed by atoms with Crippen LogP contribution in [0.1, 0.15) is 56.2 Å². The van der Waals surface area contributed by atoms with Gasteiger partial charge in [0, 0.05) is 41.2 Å². The molecule has 0 saturated heterocycles. The Hall–Kier alpha value is -3.19. The van der Waals surface area contributed by atoms with Crippen LogP contribution < -0.4 is 5.43 Å². The number of furan rings is 1. The fourth-order valence-corrected chi connectivity index (χ4v) is 4.13. The summed E-state index contributed by atoms with van der Waals surface area (Å²) in [4.78, 5) is 27.2. The lowest BCUT2D eigenvalue weighted by Crippen LogP contribution is -2.26. The highest BCUT2D eigenvalue weighted by atomic mass is 79.9. The van der Waals surface area contributed by atoms with Crippen LogP contribution in [-0.4, -0.2) is 29.5 Å². The minimum atomic E-state index is -0.280. The first-order chi connectivity index (χ1) is 15.4. The topological polar surface area (TPSA) is 74.9 Å². The molecule has 0 fully saturated rings. The number of carbonyl (C=O) groups is 2. The second kappa shape index (κ2) is 9.53. The number of nitrogens with one attached hydrogen (secondary N) is 1. The van der Waals surface area contributed by atoms with Crippen molar-refractivity contribution in [3.63, 3.8) is 0 Å². The maximum atomic E-state index is 13.1. The number of benzene rings is 2. The Morgan fingerprint density at radius 2 is 1.81 bits per heavy atom. The molecule has 7 heteroatoms. The number of amides is 2. The lowest BCUT2D eigenvalue weighted by atomic mass is 9.93. The number of hydrogen-bond donors (Lipinski definition) is 1. The average molecular weight is 494 g/mol. The first kappa shape index (κ1) is 22.0. The van der Waals surface area contributed by atoms with E-state index in [9.17, 15) is 9.59 Å². The maximum Gasteiger partial charge on any atom is 0.289 e. The Morgan fingerprint density at radius 1 is 1.09 bits per heavy atom. The van der Waals surface area contributed by atoms with Crippen molar-refractivity contribution >= 4 is 33.5 Å². The van der Waals surface area contributed by atoms with Crippen molar-refractivity contribution in [2.24, 2.45) is 5.10 Å². The molecule has 0 atom stereocenters. The normalized spacial score (nSPS) is 14.2. The predicted molar refractivity (Wildman–Crippen MR) is 127 cm³/mol. The number of nitrogens with zero attached hydrogens (tertiary/aromatic N) is 2. The van der Waals surface area contributed by atoms with E-state index in [1.165, 1.54) is 0 Å². The Kier molecular flexibility index (Phi) is 6.55. The molecule has 3 aromatic rings. The van der Waals surface area contributed by atoms with Crippen molar-refractivity contribution in [3.8, 4) is 0 Å². The fourth-order valence-electron chi connectivity index (χ4n) is 3.87. The van der Waals surface area contributed by atoms with E-state index in [0.717, 1.165) is 45.5 Å². The first-order valence-electron chi connectivity index (χ1n) is 10.5. The summed E-state index contributed by atoms with van der Waals surface area (Å²) in [6.07, 6.45) is 2.30. The van der Waals surface area contributed by atoms with Gasteiger partial charge in [-0.3, -0.25) is 9.59 Å². The summed E-state index contributed by atoms with van der Waals surface area (Å²) in [6, 6.07) is 16.9. The van der Waals surface area contributed by atoms with Crippen LogP contribution in [0.4, 0.5) is 0 Å². The van der Waals surface area contributed by atoms with Crippen molar-refractivity contribution in [2.75, 3.05) is 7.05 Å². The molecule has 1 aliphatic rings.